The second-order valence-electron chi connectivity index (χ2n) is 4.17. The zero-order chi connectivity index (χ0) is 14.5. The molecule has 0 aliphatic carbocycles. The summed E-state index contributed by atoms with van der Waals surface area (Å²) in [7, 11) is 0. The van der Waals surface area contributed by atoms with Gasteiger partial charge in [-0.3, -0.25) is 4.79 Å². The molecule has 0 radical (unpaired) electrons. The predicted molar refractivity (Wildman–Crippen MR) is 76.8 cm³/mol. The lowest BCUT2D eigenvalue weighted by molar-refractivity contribution is -0.146. The van der Waals surface area contributed by atoms with Crippen LogP contribution >= 0.6 is 11.3 Å². The maximum atomic E-state index is 11.1. The van der Waals surface area contributed by atoms with Crippen LogP contribution in [-0.4, -0.2) is 22.0 Å². The molecule has 2 aromatic rings. The van der Waals surface area contributed by atoms with Gasteiger partial charge in [-0.2, -0.15) is 11.3 Å². The summed E-state index contributed by atoms with van der Waals surface area (Å²) < 4.78 is 0. The Labute approximate surface area is 119 Å². The molecule has 0 spiro atoms. The molecular formula is C15H12O4S. The van der Waals surface area contributed by atoms with Crippen LogP contribution < -0.4 is 0 Å². The SMILES string of the molecule is O=C(O)C(=O)C=C(O)c1cscc1Cc1ccccc1. The molecule has 0 amide bonds. The van der Waals surface area contributed by atoms with Gasteiger partial charge in [0.1, 0.15) is 5.76 Å². The van der Waals surface area contributed by atoms with Gasteiger partial charge < -0.3 is 10.2 Å². The summed E-state index contributed by atoms with van der Waals surface area (Å²) in [4.78, 5) is 21.6. The molecule has 0 saturated carbocycles. The summed E-state index contributed by atoms with van der Waals surface area (Å²) in [6.45, 7) is 0. The average molecular weight is 288 g/mol. The molecule has 0 fully saturated rings. The Balaban J connectivity index is 2.25. The Morgan fingerprint density at radius 2 is 1.80 bits per heavy atom. The first kappa shape index (κ1) is 14.0. The maximum absolute atomic E-state index is 11.1. The van der Waals surface area contributed by atoms with Crippen LogP contribution in [-0.2, 0) is 16.0 Å². The van der Waals surface area contributed by atoms with Gasteiger partial charge in [-0.05, 0) is 22.9 Å². The van der Waals surface area contributed by atoms with Gasteiger partial charge in [-0.15, -0.1) is 0 Å². The van der Waals surface area contributed by atoms with Gasteiger partial charge in [0.15, 0.2) is 0 Å². The maximum Gasteiger partial charge on any atom is 0.376 e. The van der Waals surface area contributed by atoms with Crippen molar-refractivity contribution in [1.29, 1.82) is 0 Å². The highest BCUT2D eigenvalue weighted by Crippen LogP contribution is 2.24. The largest absolute Gasteiger partial charge is 0.507 e. The lowest BCUT2D eigenvalue weighted by Crippen LogP contribution is -2.09. The number of thiophene rings is 1. The van der Waals surface area contributed by atoms with Crippen molar-refractivity contribution in [2.45, 2.75) is 6.42 Å². The monoisotopic (exact) mass is 288 g/mol. The Morgan fingerprint density at radius 3 is 2.45 bits per heavy atom. The van der Waals surface area contributed by atoms with Gasteiger partial charge in [0, 0.05) is 17.0 Å². The summed E-state index contributed by atoms with van der Waals surface area (Å²) in [6, 6.07) is 9.69. The normalized spacial score (nSPS) is 11.3. The van der Waals surface area contributed by atoms with Gasteiger partial charge in [0.05, 0.1) is 0 Å². The summed E-state index contributed by atoms with van der Waals surface area (Å²) in [5, 5.41) is 22.0. The summed E-state index contributed by atoms with van der Waals surface area (Å²) >= 11 is 1.39. The molecule has 1 heterocycles. The summed E-state index contributed by atoms with van der Waals surface area (Å²) in [6.07, 6.45) is 1.34. The molecule has 2 N–H and O–H groups in total. The molecule has 0 atom stereocenters. The number of benzene rings is 1. The van der Waals surface area contributed by atoms with E-state index in [4.69, 9.17) is 5.11 Å². The standard InChI is InChI=1S/C15H12O4S/c16-13(7-14(17)15(18)19)12-9-20-8-11(12)6-10-4-2-1-3-5-10/h1-5,7-9,16H,6H2,(H,18,19). The van der Waals surface area contributed by atoms with Crippen molar-refractivity contribution in [1.82, 2.24) is 0 Å². The van der Waals surface area contributed by atoms with Crippen molar-refractivity contribution >= 4 is 28.8 Å². The smallest absolute Gasteiger partial charge is 0.376 e. The fourth-order valence-corrected chi connectivity index (χ4v) is 2.62. The van der Waals surface area contributed by atoms with E-state index in [2.05, 4.69) is 0 Å². The van der Waals surface area contributed by atoms with E-state index in [-0.39, 0.29) is 5.76 Å². The van der Waals surface area contributed by atoms with Gasteiger partial charge >= 0.3 is 5.97 Å². The van der Waals surface area contributed by atoms with Crippen LogP contribution in [0, 0.1) is 0 Å². The van der Waals surface area contributed by atoms with Crippen LogP contribution in [0.15, 0.2) is 47.2 Å². The summed E-state index contributed by atoms with van der Waals surface area (Å²) in [5.41, 5.74) is 2.42. The highest BCUT2D eigenvalue weighted by Gasteiger charge is 2.14. The second-order valence-corrected chi connectivity index (χ2v) is 4.92. The van der Waals surface area contributed by atoms with Gasteiger partial charge in [-0.25, -0.2) is 4.79 Å². The molecule has 20 heavy (non-hydrogen) atoms. The molecule has 0 bridgehead atoms. The minimum Gasteiger partial charge on any atom is -0.507 e. The highest BCUT2D eigenvalue weighted by molar-refractivity contribution is 7.08. The first-order valence-corrected chi connectivity index (χ1v) is 6.79. The number of ketones is 1. The summed E-state index contributed by atoms with van der Waals surface area (Å²) in [5.74, 6) is -3.04. The molecule has 4 nitrogen and oxygen atoms in total. The zero-order valence-electron chi connectivity index (χ0n) is 10.4. The van der Waals surface area contributed by atoms with E-state index in [0.29, 0.717) is 12.0 Å². The third-order valence-corrected chi connectivity index (χ3v) is 3.53. The number of carboxylic acids is 1. The Morgan fingerprint density at radius 1 is 1.10 bits per heavy atom. The molecule has 5 heteroatoms. The number of carbonyl (C=O) groups is 2. The molecule has 1 aromatic carbocycles. The Hall–Kier alpha value is -2.40. The number of hydrogen-bond donors (Lipinski definition) is 2. The van der Waals surface area contributed by atoms with E-state index < -0.39 is 11.8 Å². The third-order valence-electron chi connectivity index (χ3n) is 2.73. The fraction of sp³-hybridized carbons (Fsp3) is 0.0667. The highest BCUT2D eigenvalue weighted by atomic mass is 32.1. The molecule has 0 aliphatic heterocycles. The van der Waals surface area contributed by atoms with E-state index >= 15 is 0 Å². The second kappa shape index (κ2) is 6.16. The Bertz CT molecular complexity index is 656. The fourth-order valence-electron chi connectivity index (χ4n) is 1.76. The van der Waals surface area contributed by atoms with Crippen LogP contribution in [0.1, 0.15) is 16.7 Å². The van der Waals surface area contributed by atoms with Crippen LogP contribution in [0.4, 0.5) is 0 Å². The lowest BCUT2D eigenvalue weighted by Gasteiger charge is -2.03. The average Bonchev–Trinajstić information content (AvgIpc) is 2.88. The van der Waals surface area contributed by atoms with Crippen molar-refractivity contribution in [2.24, 2.45) is 0 Å². The molecule has 0 aliphatic rings. The van der Waals surface area contributed by atoms with Crippen LogP contribution in [0.2, 0.25) is 0 Å². The van der Waals surface area contributed by atoms with Crippen molar-refractivity contribution in [3.63, 3.8) is 0 Å². The molecule has 2 rings (SSSR count). The van der Waals surface area contributed by atoms with Gasteiger partial charge in [0.2, 0.25) is 0 Å². The minimum absolute atomic E-state index is 0.315. The topological polar surface area (TPSA) is 74.6 Å². The van der Waals surface area contributed by atoms with Crippen LogP contribution in [0.25, 0.3) is 5.76 Å². The van der Waals surface area contributed by atoms with E-state index in [1.54, 1.807) is 5.38 Å². The van der Waals surface area contributed by atoms with Crippen molar-refractivity contribution < 1.29 is 19.8 Å². The van der Waals surface area contributed by atoms with Crippen LogP contribution in [0.5, 0.6) is 0 Å². The van der Waals surface area contributed by atoms with Crippen molar-refractivity contribution in [3.05, 3.63) is 63.9 Å². The number of carboxylic acid groups (broad SMARTS) is 1. The van der Waals surface area contributed by atoms with E-state index in [1.807, 2.05) is 35.7 Å². The van der Waals surface area contributed by atoms with Crippen molar-refractivity contribution in [2.75, 3.05) is 0 Å². The zero-order valence-corrected chi connectivity index (χ0v) is 11.3. The molecular weight excluding hydrogens is 276 g/mol. The molecule has 102 valence electrons. The third kappa shape index (κ3) is 3.33. The molecule has 0 unspecified atom stereocenters. The van der Waals surface area contributed by atoms with E-state index in [9.17, 15) is 14.7 Å². The number of carbonyl (C=O) groups excluding carboxylic acids is 1. The number of aliphatic hydroxyl groups is 1. The van der Waals surface area contributed by atoms with Crippen molar-refractivity contribution in [3.8, 4) is 0 Å². The first-order chi connectivity index (χ1) is 9.58. The number of rotatable bonds is 5. The van der Waals surface area contributed by atoms with Gasteiger partial charge in [0.25, 0.3) is 5.78 Å². The van der Waals surface area contributed by atoms with Gasteiger partial charge in [-0.1, -0.05) is 30.3 Å². The van der Waals surface area contributed by atoms with Crippen LogP contribution in [0.3, 0.4) is 0 Å². The lowest BCUT2D eigenvalue weighted by atomic mass is 10.0. The Kier molecular flexibility index (Phi) is 4.32. The van der Waals surface area contributed by atoms with E-state index in [1.165, 1.54) is 11.3 Å². The minimum atomic E-state index is -1.59. The quantitative estimate of drug-likeness (QED) is 0.504. The number of aliphatic carboxylic acids is 1. The predicted octanol–water partition coefficient (Wildman–Crippen LogP) is 2.89. The van der Waals surface area contributed by atoms with E-state index in [0.717, 1.165) is 17.2 Å². The molecule has 0 saturated heterocycles. The number of aliphatic hydroxyl groups excluding tert-OH is 1. The first-order valence-electron chi connectivity index (χ1n) is 5.85. The number of hydrogen-bond acceptors (Lipinski definition) is 4. The molecule has 1 aromatic heterocycles.